The number of anilines is 2. The van der Waals surface area contributed by atoms with Crippen molar-refractivity contribution in [1.29, 1.82) is 0 Å². The summed E-state index contributed by atoms with van der Waals surface area (Å²) in [4.78, 5) is 26.9. The van der Waals surface area contributed by atoms with Crippen molar-refractivity contribution < 1.29 is 23.5 Å². The third-order valence-electron chi connectivity index (χ3n) is 5.14. The van der Waals surface area contributed by atoms with Crippen LogP contribution in [-0.2, 0) is 15.2 Å². The molecule has 3 aromatic rings. The highest BCUT2D eigenvalue weighted by Crippen LogP contribution is 2.44. The van der Waals surface area contributed by atoms with Crippen LogP contribution in [-0.4, -0.2) is 23.5 Å². The Morgan fingerprint density at radius 1 is 1.07 bits per heavy atom. The van der Waals surface area contributed by atoms with Crippen molar-refractivity contribution in [3.8, 4) is 0 Å². The Morgan fingerprint density at radius 2 is 1.83 bits per heavy atom. The molecule has 2 N–H and O–H groups in total. The molecule has 0 spiro atoms. The lowest BCUT2D eigenvalue weighted by Gasteiger charge is -2.23. The van der Waals surface area contributed by atoms with Gasteiger partial charge < -0.3 is 10.4 Å². The summed E-state index contributed by atoms with van der Waals surface area (Å²) in [5.74, 6) is -2.39. The zero-order valence-electron chi connectivity index (χ0n) is 16.0. The monoisotopic (exact) mass is 408 g/mol. The number of nitrogens with zero attached hydrogens (tertiary/aromatic N) is 1. The number of hydrogen-bond donors (Lipinski definition) is 2. The lowest BCUT2D eigenvalue weighted by atomic mass is 9.87. The van der Waals surface area contributed by atoms with Gasteiger partial charge in [0.25, 0.3) is 5.91 Å². The van der Waals surface area contributed by atoms with E-state index in [0.717, 1.165) is 11.0 Å². The van der Waals surface area contributed by atoms with E-state index < -0.39 is 35.6 Å². The third-order valence-corrected chi connectivity index (χ3v) is 5.14. The van der Waals surface area contributed by atoms with Crippen LogP contribution in [0.5, 0.6) is 0 Å². The molecule has 0 aliphatic carbocycles. The van der Waals surface area contributed by atoms with Gasteiger partial charge in [-0.3, -0.25) is 14.5 Å². The minimum Gasteiger partial charge on any atom is -0.372 e. The standard InChI is InChI=1S/C23H18F2N2O3/c1-14-9-10-17(12-19(14)25)26-21(28)13-27-20-8-3-2-7-18(20)23(30,22(27)29)15-5-4-6-16(24)11-15/h2-12,30H,13H2,1H3,(H,26,28)/t23-/m1/s1. The van der Waals surface area contributed by atoms with Crippen LogP contribution in [0, 0.1) is 18.6 Å². The molecule has 1 atom stereocenters. The number of benzene rings is 3. The van der Waals surface area contributed by atoms with Gasteiger partial charge in [-0.15, -0.1) is 0 Å². The Labute approximate surface area is 171 Å². The molecule has 0 saturated carbocycles. The van der Waals surface area contributed by atoms with Crippen LogP contribution in [0.2, 0.25) is 0 Å². The fourth-order valence-electron chi connectivity index (χ4n) is 3.60. The van der Waals surface area contributed by atoms with E-state index in [0.29, 0.717) is 11.3 Å². The molecule has 7 heteroatoms. The summed E-state index contributed by atoms with van der Waals surface area (Å²) in [7, 11) is 0. The normalized spacial score (nSPS) is 17.7. The van der Waals surface area contributed by atoms with E-state index in [-0.39, 0.29) is 16.8 Å². The molecule has 4 rings (SSSR count). The first-order valence-corrected chi connectivity index (χ1v) is 9.26. The Hall–Kier alpha value is -3.58. The number of hydrogen-bond acceptors (Lipinski definition) is 3. The molecule has 2 amide bonds. The van der Waals surface area contributed by atoms with Gasteiger partial charge in [0.1, 0.15) is 18.2 Å². The first-order valence-electron chi connectivity index (χ1n) is 9.26. The van der Waals surface area contributed by atoms with Crippen LogP contribution in [0.3, 0.4) is 0 Å². The van der Waals surface area contributed by atoms with Gasteiger partial charge in [0.2, 0.25) is 5.91 Å². The average Bonchev–Trinajstić information content (AvgIpc) is 2.94. The summed E-state index contributed by atoms with van der Waals surface area (Å²) in [6, 6.07) is 15.9. The number of nitrogens with one attached hydrogen (secondary N) is 1. The summed E-state index contributed by atoms with van der Waals surface area (Å²) in [6.45, 7) is 1.21. The molecule has 30 heavy (non-hydrogen) atoms. The maximum absolute atomic E-state index is 13.8. The molecule has 0 bridgehead atoms. The number of fused-ring (bicyclic) bond motifs is 1. The molecule has 0 unspecified atom stereocenters. The van der Waals surface area contributed by atoms with Gasteiger partial charge in [-0.05, 0) is 42.8 Å². The SMILES string of the molecule is Cc1ccc(NC(=O)CN2C(=O)[C@@](O)(c3cccc(F)c3)c3ccccc32)cc1F. The summed E-state index contributed by atoms with van der Waals surface area (Å²) in [5.41, 5.74) is -0.743. The van der Waals surface area contributed by atoms with Crippen molar-refractivity contribution in [2.75, 3.05) is 16.8 Å². The summed E-state index contributed by atoms with van der Waals surface area (Å²) in [5, 5.41) is 13.9. The van der Waals surface area contributed by atoms with Crippen LogP contribution in [0.25, 0.3) is 0 Å². The predicted molar refractivity (Wildman–Crippen MR) is 108 cm³/mol. The molecule has 1 aliphatic rings. The molecule has 0 aromatic heterocycles. The zero-order chi connectivity index (χ0) is 21.5. The highest BCUT2D eigenvalue weighted by Gasteiger charge is 2.51. The second-order valence-corrected chi connectivity index (χ2v) is 7.14. The summed E-state index contributed by atoms with van der Waals surface area (Å²) in [6.07, 6.45) is 0. The number of para-hydroxylation sites is 1. The lowest BCUT2D eigenvalue weighted by Crippen LogP contribution is -2.44. The van der Waals surface area contributed by atoms with E-state index >= 15 is 0 Å². The molecular weight excluding hydrogens is 390 g/mol. The van der Waals surface area contributed by atoms with Crippen LogP contribution >= 0.6 is 0 Å². The lowest BCUT2D eigenvalue weighted by molar-refractivity contribution is -0.133. The highest BCUT2D eigenvalue weighted by atomic mass is 19.1. The number of carbonyl (C=O) groups is 2. The Bertz CT molecular complexity index is 1160. The molecule has 1 heterocycles. The van der Waals surface area contributed by atoms with Gasteiger partial charge in [-0.1, -0.05) is 36.4 Å². The van der Waals surface area contributed by atoms with E-state index in [1.165, 1.54) is 30.3 Å². The number of carbonyl (C=O) groups excluding carboxylic acids is 2. The van der Waals surface area contributed by atoms with Crippen molar-refractivity contribution >= 4 is 23.2 Å². The van der Waals surface area contributed by atoms with Gasteiger partial charge in [-0.25, -0.2) is 8.78 Å². The van der Waals surface area contributed by atoms with Crippen LogP contribution in [0.1, 0.15) is 16.7 Å². The largest absolute Gasteiger partial charge is 0.372 e. The Kier molecular flexibility index (Phi) is 4.83. The topological polar surface area (TPSA) is 69.6 Å². The van der Waals surface area contributed by atoms with Gasteiger partial charge in [-0.2, -0.15) is 0 Å². The first-order chi connectivity index (χ1) is 14.3. The maximum Gasteiger partial charge on any atom is 0.268 e. The minimum atomic E-state index is -2.12. The predicted octanol–water partition coefficient (Wildman–Crippen LogP) is 3.49. The number of aliphatic hydroxyl groups is 1. The van der Waals surface area contributed by atoms with E-state index in [1.54, 1.807) is 37.3 Å². The number of halogens is 2. The van der Waals surface area contributed by atoms with Crippen molar-refractivity contribution in [3.63, 3.8) is 0 Å². The first kappa shape index (κ1) is 19.7. The van der Waals surface area contributed by atoms with Crippen molar-refractivity contribution in [1.82, 2.24) is 0 Å². The molecular formula is C23H18F2N2O3. The van der Waals surface area contributed by atoms with Gasteiger partial charge in [0.15, 0.2) is 5.60 Å². The zero-order valence-corrected chi connectivity index (χ0v) is 16.0. The van der Waals surface area contributed by atoms with Crippen molar-refractivity contribution in [3.05, 3.63) is 95.1 Å². The van der Waals surface area contributed by atoms with Crippen molar-refractivity contribution in [2.24, 2.45) is 0 Å². The van der Waals surface area contributed by atoms with Gasteiger partial charge >= 0.3 is 0 Å². The molecule has 3 aromatic carbocycles. The Balaban J connectivity index is 1.65. The molecule has 0 fully saturated rings. The van der Waals surface area contributed by atoms with Crippen LogP contribution < -0.4 is 10.2 Å². The minimum absolute atomic E-state index is 0.0727. The highest BCUT2D eigenvalue weighted by molar-refractivity contribution is 6.12. The number of amides is 2. The molecule has 5 nitrogen and oxygen atoms in total. The van der Waals surface area contributed by atoms with E-state index in [9.17, 15) is 23.5 Å². The smallest absolute Gasteiger partial charge is 0.268 e. The van der Waals surface area contributed by atoms with E-state index in [1.807, 2.05) is 0 Å². The maximum atomic E-state index is 13.8. The molecule has 1 aliphatic heterocycles. The quantitative estimate of drug-likeness (QED) is 0.694. The van der Waals surface area contributed by atoms with Gasteiger partial charge in [0, 0.05) is 16.8 Å². The van der Waals surface area contributed by atoms with E-state index in [4.69, 9.17) is 0 Å². The van der Waals surface area contributed by atoms with Crippen LogP contribution in [0.4, 0.5) is 20.2 Å². The van der Waals surface area contributed by atoms with Crippen LogP contribution in [0.15, 0.2) is 66.7 Å². The fraction of sp³-hybridized carbons (Fsp3) is 0.130. The fourth-order valence-corrected chi connectivity index (χ4v) is 3.60. The molecule has 152 valence electrons. The summed E-state index contributed by atoms with van der Waals surface area (Å²) < 4.78 is 27.5. The van der Waals surface area contributed by atoms with Gasteiger partial charge in [0.05, 0.1) is 5.69 Å². The molecule has 0 radical (unpaired) electrons. The second-order valence-electron chi connectivity index (χ2n) is 7.14. The number of aryl methyl sites for hydroxylation is 1. The average molecular weight is 408 g/mol. The third kappa shape index (κ3) is 3.23. The second kappa shape index (κ2) is 7.35. The van der Waals surface area contributed by atoms with E-state index in [2.05, 4.69) is 5.32 Å². The summed E-state index contributed by atoms with van der Waals surface area (Å²) >= 11 is 0. The van der Waals surface area contributed by atoms with Crippen molar-refractivity contribution in [2.45, 2.75) is 12.5 Å². The molecule has 0 saturated heterocycles. The Morgan fingerprint density at radius 3 is 2.57 bits per heavy atom. The number of rotatable bonds is 4.